The lowest BCUT2D eigenvalue weighted by atomic mass is 10.0. The number of nitrogens with one attached hydrogen (secondary N) is 1. The number of nitrogens with zero attached hydrogens (tertiary/aromatic N) is 1. The zero-order chi connectivity index (χ0) is 14.4. The number of halogens is 1. The molecule has 5 heteroatoms. The molecular formula is C16H26ClN3O. The number of nitrogens with two attached hydrogens (primary N) is 1. The van der Waals surface area contributed by atoms with Crippen molar-refractivity contribution in [3.05, 3.63) is 35.4 Å². The maximum Gasteiger partial charge on any atom is 0.248 e. The number of amides is 1. The summed E-state index contributed by atoms with van der Waals surface area (Å²) in [6.07, 6.45) is 3.56. The Hall–Kier alpha value is -1.10. The van der Waals surface area contributed by atoms with E-state index in [4.69, 9.17) is 5.73 Å². The summed E-state index contributed by atoms with van der Waals surface area (Å²) >= 11 is 0. The van der Waals surface area contributed by atoms with E-state index in [2.05, 4.69) is 23.2 Å². The van der Waals surface area contributed by atoms with Gasteiger partial charge in [0, 0.05) is 18.2 Å². The van der Waals surface area contributed by atoms with E-state index < -0.39 is 0 Å². The van der Waals surface area contributed by atoms with Crippen LogP contribution in [-0.4, -0.2) is 36.5 Å². The molecule has 1 aliphatic heterocycles. The molecule has 0 aromatic heterocycles. The van der Waals surface area contributed by atoms with Gasteiger partial charge in [0.15, 0.2) is 0 Å². The highest BCUT2D eigenvalue weighted by Gasteiger charge is 2.20. The van der Waals surface area contributed by atoms with E-state index in [9.17, 15) is 4.79 Å². The lowest BCUT2D eigenvalue weighted by Crippen LogP contribution is -2.43. The minimum atomic E-state index is -0.351. The Morgan fingerprint density at radius 1 is 1.38 bits per heavy atom. The molecule has 0 bridgehead atoms. The fourth-order valence-electron chi connectivity index (χ4n) is 2.91. The molecule has 21 heavy (non-hydrogen) atoms. The highest BCUT2D eigenvalue weighted by molar-refractivity contribution is 5.92. The van der Waals surface area contributed by atoms with Crippen molar-refractivity contribution < 1.29 is 4.79 Å². The second kappa shape index (κ2) is 9.03. The number of hydrogen-bond donors (Lipinski definition) is 2. The molecule has 1 fully saturated rings. The molecule has 1 heterocycles. The fourth-order valence-corrected chi connectivity index (χ4v) is 2.91. The first-order valence-corrected chi connectivity index (χ1v) is 7.54. The Kier molecular flexibility index (Phi) is 7.72. The van der Waals surface area contributed by atoms with E-state index in [1.165, 1.54) is 18.4 Å². The molecule has 1 aliphatic rings. The van der Waals surface area contributed by atoms with Crippen molar-refractivity contribution in [2.24, 2.45) is 5.73 Å². The molecule has 0 spiro atoms. The van der Waals surface area contributed by atoms with Crippen LogP contribution >= 0.6 is 12.4 Å². The van der Waals surface area contributed by atoms with Gasteiger partial charge < -0.3 is 11.1 Å². The molecule has 0 unspecified atom stereocenters. The van der Waals surface area contributed by atoms with Crippen LogP contribution in [0.2, 0.25) is 0 Å². The number of rotatable bonds is 6. The van der Waals surface area contributed by atoms with Gasteiger partial charge >= 0.3 is 0 Å². The quantitative estimate of drug-likeness (QED) is 0.846. The summed E-state index contributed by atoms with van der Waals surface area (Å²) in [7, 11) is 0. The number of piperidine rings is 1. The molecular weight excluding hydrogens is 286 g/mol. The average Bonchev–Trinajstić information content (AvgIpc) is 2.48. The molecule has 0 atom stereocenters. The number of benzene rings is 1. The molecule has 1 aromatic carbocycles. The lowest BCUT2D eigenvalue weighted by Gasteiger charge is -2.34. The van der Waals surface area contributed by atoms with Gasteiger partial charge in [0.05, 0.1) is 0 Å². The van der Waals surface area contributed by atoms with E-state index in [1.54, 1.807) is 6.07 Å². The minimum Gasteiger partial charge on any atom is -0.366 e. The Bertz CT molecular complexity index is 447. The first-order chi connectivity index (χ1) is 9.70. The van der Waals surface area contributed by atoms with Gasteiger partial charge in [-0.1, -0.05) is 19.1 Å². The van der Waals surface area contributed by atoms with Gasteiger partial charge in [-0.3, -0.25) is 9.69 Å². The normalized spacial score (nSPS) is 15.7. The minimum absolute atomic E-state index is 0. The Balaban J connectivity index is 0.00000220. The zero-order valence-electron chi connectivity index (χ0n) is 12.7. The zero-order valence-corrected chi connectivity index (χ0v) is 13.5. The van der Waals surface area contributed by atoms with Gasteiger partial charge in [-0.05, 0) is 56.6 Å². The van der Waals surface area contributed by atoms with Crippen LogP contribution in [-0.2, 0) is 6.54 Å². The van der Waals surface area contributed by atoms with Crippen LogP contribution in [0, 0.1) is 0 Å². The second-order valence-electron chi connectivity index (χ2n) is 5.52. The SMILES string of the molecule is CCCN(Cc1cccc(C(N)=O)c1)C1CCNCC1.Cl. The first-order valence-electron chi connectivity index (χ1n) is 7.54. The van der Waals surface area contributed by atoms with E-state index in [0.29, 0.717) is 11.6 Å². The van der Waals surface area contributed by atoms with Crippen molar-refractivity contribution in [2.75, 3.05) is 19.6 Å². The van der Waals surface area contributed by atoms with Crippen LogP contribution in [0.15, 0.2) is 24.3 Å². The third-order valence-corrected chi connectivity index (χ3v) is 3.93. The highest BCUT2D eigenvalue weighted by Crippen LogP contribution is 2.17. The van der Waals surface area contributed by atoms with Gasteiger partial charge in [0.2, 0.25) is 5.91 Å². The number of primary amides is 1. The summed E-state index contributed by atoms with van der Waals surface area (Å²) in [6, 6.07) is 8.35. The topological polar surface area (TPSA) is 58.4 Å². The van der Waals surface area contributed by atoms with Crippen LogP contribution in [0.5, 0.6) is 0 Å². The predicted molar refractivity (Wildman–Crippen MR) is 88.8 cm³/mol. The maximum atomic E-state index is 11.3. The maximum absolute atomic E-state index is 11.3. The van der Waals surface area contributed by atoms with E-state index in [-0.39, 0.29) is 18.3 Å². The molecule has 2 rings (SSSR count). The molecule has 0 aliphatic carbocycles. The van der Waals surface area contributed by atoms with E-state index in [1.807, 2.05) is 12.1 Å². The van der Waals surface area contributed by atoms with Crippen molar-refractivity contribution in [2.45, 2.75) is 38.8 Å². The average molecular weight is 312 g/mol. The van der Waals surface area contributed by atoms with Crippen LogP contribution in [0.1, 0.15) is 42.1 Å². The molecule has 3 N–H and O–H groups in total. The summed E-state index contributed by atoms with van der Waals surface area (Å²) in [5.74, 6) is -0.351. The highest BCUT2D eigenvalue weighted by atomic mass is 35.5. The van der Waals surface area contributed by atoms with Gasteiger partial charge in [-0.25, -0.2) is 0 Å². The summed E-state index contributed by atoms with van der Waals surface area (Å²) in [5, 5.41) is 3.41. The molecule has 1 amide bonds. The van der Waals surface area contributed by atoms with Crippen molar-refractivity contribution in [3.8, 4) is 0 Å². The van der Waals surface area contributed by atoms with Crippen molar-refractivity contribution >= 4 is 18.3 Å². The summed E-state index contributed by atoms with van der Waals surface area (Å²) in [6.45, 7) is 6.43. The number of carbonyl (C=O) groups excluding carboxylic acids is 1. The molecule has 0 saturated carbocycles. The van der Waals surface area contributed by atoms with Crippen LogP contribution in [0.4, 0.5) is 0 Å². The predicted octanol–water partition coefficient (Wildman–Crippen LogP) is 2.17. The summed E-state index contributed by atoms with van der Waals surface area (Å²) in [4.78, 5) is 13.8. The van der Waals surface area contributed by atoms with Crippen LogP contribution < -0.4 is 11.1 Å². The molecule has 118 valence electrons. The summed E-state index contributed by atoms with van der Waals surface area (Å²) in [5.41, 5.74) is 7.13. The summed E-state index contributed by atoms with van der Waals surface area (Å²) < 4.78 is 0. The smallest absolute Gasteiger partial charge is 0.248 e. The first kappa shape index (κ1) is 18.0. The number of carbonyl (C=O) groups is 1. The van der Waals surface area contributed by atoms with Crippen molar-refractivity contribution in [3.63, 3.8) is 0 Å². The van der Waals surface area contributed by atoms with E-state index in [0.717, 1.165) is 32.6 Å². The Morgan fingerprint density at radius 3 is 2.71 bits per heavy atom. The van der Waals surface area contributed by atoms with Gasteiger partial charge in [0.1, 0.15) is 0 Å². The fraction of sp³-hybridized carbons (Fsp3) is 0.562. The molecule has 1 saturated heterocycles. The Labute approximate surface area is 133 Å². The number of hydrogen-bond acceptors (Lipinski definition) is 3. The standard InChI is InChI=1S/C16H25N3O.ClH/c1-2-10-19(15-6-8-18-9-7-15)12-13-4-3-5-14(11-13)16(17)20;/h3-5,11,15,18H,2,6-10,12H2,1H3,(H2,17,20);1H. The monoisotopic (exact) mass is 311 g/mol. The Morgan fingerprint density at radius 2 is 2.10 bits per heavy atom. The molecule has 1 aromatic rings. The molecule has 0 radical (unpaired) electrons. The van der Waals surface area contributed by atoms with Gasteiger partial charge in [0.25, 0.3) is 0 Å². The van der Waals surface area contributed by atoms with Crippen LogP contribution in [0.25, 0.3) is 0 Å². The van der Waals surface area contributed by atoms with Gasteiger partial charge in [-0.15, -0.1) is 12.4 Å². The molecule has 4 nitrogen and oxygen atoms in total. The van der Waals surface area contributed by atoms with Gasteiger partial charge in [-0.2, -0.15) is 0 Å². The second-order valence-corrected chi connectivity index (χ2v) is 5.52. The lowest BCUT2D eigenvalue weighted by molar-refractivity contribution is 0.1000. The third-order valence-electron chi connectivity index (χ3n) is 3.93. The van der Waals surface area contributed by atoms with Crippen LogP contribution in [0.3, 0.4) is 0 Å². The third kappa shape index (κ3) is 5.30. The van der Waals surface area contributed by atoms with Crippen molar-refractivity contribution in [1.82, 2.24) is 10.2 Å². The van der Waals surface area contributed by atoms with Crippen molar-refractivity contribution in [1.29, 1.82) is 0 Å². The largest absolute Gasteiger partial charge is 0.366 e. The van der Waals surface area contributed by atoms with E-state index >= 15 is 0 Å².